The fourth-order valence-corrected chi connectivity index (χ4v) is 4.24. The number of para-hydroxylation sites is 1. The first-order chi connectivity index (χ1) is 15.7. The first-order valence-corrected chi connectivity index (χ1v) is 11.6. The van der Waals surface area contributed by atoms with Crippen LogP contribution >= 0.6 is 0 Å². The van der Waals surface area contributed by atoms with Crippen LogP contribution in [0, 0.1) is 5.41 Å². The van der Waals surface area contributed by atoms with Crippen LogP contribution in [0.5, 0.6) is 0 Å². The highest BCUT2D eigenvalue weighted by atomic mass is 16.5. The predicted molar refractivity (Wildman–Crippen MR) is 126 cm³/mol. The summed E-state index contributed by atoms with van der Waals surface area (Å²) in [5.41, 5.74) is 7.73. The predicted octanol–water partition coefficient (Wildman–Crippen LogP) is 1.66. The normalized spacial score (nSPS) is 17.0. The van der Waals surface area contributed by atoms with Crippen molar-refractivity contribution in [1.82, 2.24) is 14.5 Å². The van der Waals surface area contributed by atoms with E-state index in [1.165, 1.54) is 4.57 Å². The zero-order valence-corrected chi connectivity index (χ0v) is 19.9. The summed E-state index contributed by atoms with van der Waals surface area (Å²) in [6.07, 6.45) is 2.97. The molecule has 3 N–H and O–H groups in total. The maximum absolute atomic E-state index is 13.0. The molecule has 0 aliphatic carbocycles. The van der Waals surface area contributed by atoms with Gasteiger partial charge in [-0.25, -0.2) is 4.79 Å². The number of aromatic nitrogens is 2. The molecule has 9 heteroatoms. The number of ether oxygens (including phenoxy) is 2. The summed E-state index contributed by atoms with van der Waals surface area (Å²) >= 11 is 0. The van der Waals surface area contributed by atoms with Gasteiger partial charge in [-0.1, -0.05) is 26.0 Å². The summed E-state index contributed by atoms with van der Waals surface area (Å²) in [7, 11) is 1.72. The fourth-order valence-electron chi connectivity index (χ4n) is 4.24. The second-order valence-corrected chi connectivity index (χ2v) is 9.48. The van der Waals surface area contributed by atoms with Crippen LogP contribution < -0.4 is 16.7 Å². The first-order valence-electron chi connectivity index (χ1n) is 11.6. The van der Waals surface area contributed by atoms with Crippen molar-refractivity contribution < 1.29 is 19.1 Å². The maximum atomic E-state index is 13.0. The van der Waals surface area contributed by atoms with Crippen molar-refractivity contribution in [3.05, 3.63) is 34.2 Å². The highest BCUT2D eigenvalue weighted by molar-refractivity contribution is 6.00. The number of imide groups is 1. The molecule has 182 valence electrons. The van der Waals surface area contributed by atoms with E-state index < -0.39 is 11.9 Å². The number of fused-ring (bicyclic) bond motifs is 1. The van der Waals surface area contributed by atoms with Crippen molar-refractivity contribution in [2.24, 2.45) is 18.2 Å². The maximum Gasteiger partial charge on any atom is 0.329 e. The molecule has 9 nitrogen and oxygen atoms in total. The fraction of sp³-hybridized carbons (Fsp3) is 0.625. The number of imidazole rings is 1. The third kappa shape index (κ3) is 6.10. The molecule has 1 fully saturated rings. The molecular formula is C24H36N4O5. The second-order valence-electron chi connectivity index (χ2n) is 9.48. The van der Waals surface area contributed by atoms with Gasteiger partial charge in [-0.05, 0) is 43.9 Å². The lowest BCUT2D eigenvalue weighted by Crippen LogP contribution is -2.44. The zero-order valence-electron chi connectivity index (χ0n) is 19.9. The molecule has 1 aliphatic rings. The quantitative estimate of drug-likeness (QED) is 0.367. The van der Waals surface area contributed by atoms with E-state index in [4.69, 9.17) is 15.2 Å². The van der Waals surface area contributed by atoms with E-state index in [1.54, 1.807) is 11.6 Å². The van der Waals surface area contributed by atoms with Gasteiger partial charge in [-0.15, -0.1) is 0 Å². The van der Waals surface area contributed by atoms with E-state index in [-0.39, 0.29) is 23.4 Å². The van der Waals surface area contributed by atoms with Gasteiger partial charge in [0.15, 0.2) is 0 Å². The van der Waals surface area contributed by atoms with E-state index in [1.807, 2.05) is 18.2 Å². The number of carbonyl (C=O) groups is 2. The van der Waals surface area contributed by atoms with Crippen molar-refractivity contribution in [3.63, 3.8) is 0 Å². The largest absolute Gasteiger partial charge is 0.381 e. The molecule has 2 heterocycles. The monoisotopic (exact) mass is 460 g/mol. The van der Waals surface area contributed by atoms with E-state index >= 15 is 0 Å². The SMILES string of the molecule is Cn1c(=O)n(C2CCC(=O)NC2=O)c2cccc(CCCOCC(C)(C)COCCCN)c21. The average Bonchev–Trinajstić information content (AvgIpc) is 3.02. The molecule has 1 aliphatic heterocycles. The minimum absolute atomic E-state index is 0.0717. The lowest BCUT2D eigenvalue weighted by molar-refractivity contribution is -0.135. The van der Waals surface area contributed by atoms with Gasteiger partial charge in [-0.3, -0.25) is 24.0 Å². The summed E-state index contributed by atoms with van der Waals surface area (Å²) in [5.74, 6) is -0.718. The molecule has 0 spiro atoms. The Morgan fingerprint density at radius 3 is 2.48 bits per heavy atom. The molecule has 3 rings (SSSR count). The van der Waals surface area contributed by atoms with Crippen LogP contribution in [0.25, 0.3) is 11.0 Å². The van der Waals surface area contributed by atoms with Gasteiger partial charge < -0.3 is 15.2 Å². The van der Waals surface area contributed by atoms with Crippen molar-refractivity contribution in [1.29, 1.82) is 0 Å². The van der Waals surface area contributed by atoms with Gasteiger partial charge in [0.2, 0.25) is 11.8 Å². The Hall–Kier alpha value is -2.49. The standard InChI is InChI=1S/C24H36N4O5/c1-24(2,16-33-14-6-12-25)15-32-13-5-8-17-7-4-9-18-21(17)27(3)23(31)28(18)19-10-11-20(29)26-22(19)30/h4,7,9,19H,5-6,8,10-16,25H2,1-3H3,(H,26,29,30). The van der Waals surface area contributed by atoms with Crippen molar-refractivity contribution >= 4 is 22.8 Å². The number of rotatable bonds is 12. The van der Waals surface area contributed by atoms with Crippen molar-refractivity contribution in [3.8, 4) is 0 Å². The van der Waals surface area contributed by atoms with Gasteiger partial charge in [0.25, 0.3) is 0 Å². The Bertz CT molecular complexity index is 1040. The molecule has 1 aromatic heterocycles. The number of amides is 2. The van der Waals surface area contributed by atoms with E-state index in [0.29, 0.717) is 44.9 Å². The first kappa shape index (κ1) is 25.1. The average molecular weight is 461 g/mol. The molecule has 1 unspecified atom stereocenters. The lowest BCUT2D eigenvalue weighted by atomic mass is 9.96. The number of hydrogen-bond donors (Lipinski definition) is 2. The van der Waals surface area contributed by atoms with E-state index in [0.717, 1.165) is 30.3 Å². The molecule has 1 aromatic carbocycles. The number of nitrogens with one attached hydrogen (secondary N) is 1. The molecule has 0 bridgehead atoms. The number of nitrogens with two attached hydrogens (primary N) is 1. The molecule has 33 heavy (non-hydrogen) atoms. The Labute approximate surface area is 194 Å². The van der Waals surface area contributed by atoms with Crippen molar-refractivity contribution in [2.45, 2.75) is 52.0 Å². The highest BCUT2D eigenvalue weighted by Crippen LogP contribution is 2.25. The Balaban J connectivity index is 1.62. The zero-order chi connectivity index (χ0) is 24.0. The Morgan fingerprint density at radius 2 is 1.82 bits per heavy atom. The van der Waals surface area contributed by atoms with Crippen molar-refractivity contribution in [2.75, 3.05) is 33.0 Å². The highest BCUT2D eigenvalue weighted by Gasteiger charge is 2.31. The minimum atomic E-state index is -0.674. The smallest absolute Gasteiger partial charge is 0.329 e. The van der Waals surface area contributed by atoms with Crippen LogP contribution in [0.4, 0.5) is 0 Å². The molecular weight excluding hydrogens is 424 g/mol. The molecule has 0 saturated carbocycles. The van der Waals surface area contributed by atoms with Crippen LogP contribution in [0.3, 0.4) is 0 Å². The molecule has 2 aromatic rings. The Kier molecular flexibility index (Phi) is 8.45. The molecule has 2 amide bonds. The van der Waals surface area contributed by atoms with Crippen LogP contribution in [0.1, 0.15) is 51.1 Å². The summed E-state index contributed by atoms with van der Waals surface area (Å²) in [6, 6.07) is 5.09. The topological polar surface area (TPSA) is 118 Å². The lowest BCUT2D eigenvalue weighted by Gasteiger charge is -2.24. The molecule has 1 saturated heterocycles. The minimum Gasteiger partial charge on any atom is -0.381 e. The van der Waals surface area contributed by atoms with Crippen LogP contribution in [0.2, 0.25) is 0 Å². The number of nitrogens with zero attached hydrogens (tertiary/aromatic N) is 2. The Morgan fingerprint density at radius 1 is 1.12 bits per heavy atom. The van der Waals surface area contributed by atoms with Gasteiger partial charge in [-0.2, -0.15) is 0 Å². The summed E-state index contributed by atoms with van der Waals surface area (Å²) in [5, 5.41) is 2.35. The second kappa shape index (κ2) is 11.1. The molecule has 0 radical (unpaired) electrons. The number of piperidine rings is 1. The number of hydrogen-bond acceptors (Lipinski definition) is 6. The van der Waals surface area contributed by atoms with Gasteiger partial charge >= 0.3 is 5.69 Å². The van der Waals surface area contributed by atoms with Gasteiger partial charge in [0.05, 0.1) is 24.2 Å². The van der Waals surface area contributed by atoms with E-state index in [2.05, 4.69) is 19.2 Å². The number of carbonyl (C=O) groups excluding carboxylic acids is 2. The van der Waals surface area contributed by atoms with E-state index in [9.17, 15) is 14.4 Å². The van der Waals surface area contributed by atoms with Crippen LogP contribution in [0.15, 0.2) is 23.0 Å². The van der Waals surface area contributed by atoms with Crippen LogP contribution in [-0.2, 0) is 32.5 Å². The number of benzene rings is 1. The third-order valence-electron chi connectivity index (χ3n) is 5.92. The summed E-state index contributed by atoms with van der Waals surface area (Å²) < 4.78 is 14.7. The third-order valence-corrected chi connectivity index (χ3v) is 5.92. The van der Waals surface area contributed by atoms with Gasteiger partial charge in [0, 0.05) is 32.1 Å². The summed E-state index contributed by atoms with van der Waals surface area (Å²) in [4.78, 5) is 36.9. The van der Waals surface area contributed by atoms with Crippen LogP contribution in [-0.4, -0.2) is 53.9 Å². The summed E-state index contributed by atoms with van der Waals surface area (Å²) in [6.45, 7) is 7.36. The van der Waals surface area contributed by atoms with Gasteiger partial charge in [0.1, 0.15) is 6.04 Å². The molecule has 1 atom stereocenters. The number of aryl methyl sites for hydroxylation is 2.